The normalized spacial score (nSPS) is 20.3. The van der Waals surface area contributed by atoms with Gasteiger partial charge in [0.1, 0.15) is 5.70 Å². The number of aliphatic hydroxyl groups is 1. The average Bonchev–Trinajstić information content (AvgIpc) is 3.53. The van der Waals surface area contributed by atoms with E-state index in [4.69, 9.17) is 5.11 Å². The summed E-state index contributed by atoms with van der Waals surface area (Å²) in [6, 6.07) is 6.13. The van der Waals surface area contributed by atoms with Gasteiger partial charge < -0.3 is 15.3 Å². The van der Waals surface area contributed by atoms with Gasteiger partial charge in [0, 0.05) is 30.8 Å². The molecule has 3 aliphatic rings. The predicted molar refractivity (Wildman–Crippen MR) is 108 cm³/mol. The molecule has 0 radical (unpaired) electrons. The summed E-state index contributed by atoms with van der Waals surface area (Å²) >= 11 is 0. The molecule has 0 spiro atoms. The molecule has 1 saturated carbocycles. The van der Waals surface area contributed by atoms with Crippen molar-refractivity contribution in [2.24, 2.45) is 5.92 Å². The van der Waals surface area contributed by atoms with Gasteiger partial charge in [0.2, 0.25) is 5.91 Å². The fourth-order valence-electron chi connectivity index (χ4n) is 4.16. The number of aliphatic hydroxyl groups excluding tert-OH is 1. The minimum atomic E-state index is -0.416. The van der Waals surface area contributed by atoms with Crippen LogP contribution in [0, 0.1) is 12.8 Å². The fourth-order valence-corrected chi connectivity index (χ4v) is 4.16. The number of imide groups is 1. The number of piperidine rings is 1. The molecule has 1 aromatic carbocycles. The first-order chi connectivity index (χ1) is 14.0. The Morgan fingerprint density at radius 1 is 1.17 bits per heavy atom. The average molecular weight is 397 g/mol. The van der Waals surface area contributed by atoms with Crippen LogP contribution in [-0.2, 0) is 14.4 Å². The van der Waals surface area contributed by atoms with E-state index in [9.17, 15) is 14.4 Å². The maximum Gasteiger partial charge on any atom is 0.277 e. The van der Waals surface area contributed by atoms with E-state index < -0.39 is 11.8 Å². The molecule has 1 aliphatic carbocycles. The number of anilines is 1. The molecule has 2 aliphatic heterocycles. The summed E-state index contributed by atoms with van der Waals surface area (Å²) in [4.78, 5) is 39.5. The predicted octanol–water partition coefficient (Wildman–Crippen LogP) is 1.77. The third kappa shape index (κ3) is 4.05. The number of hydrogen-bond donors (Lipinski definition) is 2. The van der Waals surface area contributed by atoms with Crippen molar-refractivity contribution in [3.63, 3.8) is 0 Å². The first-order valence-corrected chi connectivity index (χ1v) is 10.3. The molecule has 154 valence electrons. The van der Waals surface area contributed by atoms with Crippen LogP contribution in [0.2, 0.25) is 0 Å². The summed E-state index contributed by atoms with van der Waals surface area (Å²) in [6.45, 7) is 3.37. The van der Waals surface area contributed by atoms with Crippen molar-refractivity contribution in [1.82, 2.24) is 9.80 Å². The molecular formula is C22H27N3O4. The highest BCUT2D eigenvalue weighted by Crippen LogP contribution is 2.35. The molecule has 29 heavy (non-hydrogen) atoms. The highest BCUT2D eigenvalue weighted by Gasteiger charge is 2.35. The molecule has 7 nitrogen and oxygen atoms in total. The smallest absolute Gasteiger partial charge is 0.277 e. The molecule has 0 bridgehead atoms. The lowest BCUT2D eigenvalue weighted by atomic mass is 9.88. The van der Waals surface area contributed by atoms with Crippen molar-refractivity contribution in [2.75, 3.05) is 31.6 Å². The Morgan fingerprint density at radius 3 is 2.52 bits per heavy atom. The first kappa shape index (κ1) is 19.6. The standard InChI is InChI=1S/C22H27N3O4/c1-14-12-17(15-6-8-24(9-7-15)21(28)16-2-3-16)4-5-18(14)23-19-13-20(27)25(10-11-26)22(19)29/h4-5,12-13,15-16,23,26H,2-3,6-11H2,1H3. The van der Waals surface area contributed by atoms with Gasteiger partial charge in [0.25, 0.3) is 11.8 Å². The van der Waals surface area contributed by atoms with Crippen molar-refractivity contribution in [2.45, 2.75) is 38.5 Å². The maximum absolute atomic E-state index is 12.3. The summed E-state index contributed by atoms with van der Waals surface area (Å²) in [5.41, 5.74) is 3.26. The number of hydrogen-bond acceptors (Lipinski definition) is 5. The molecular weight excluding hydrogens is 370 g/mol. The molecule has 2 fully saturated rings. The topological polar surface area (TPSA) is 90.0 Å². The summed E-state index contributed by atoms with van der Waals surface area (Å²) in [7, 11) is 0. The van der Waals surface area contributed by atoms with Gasteiger partial charge in [-0.1, -0.05) is 12.1 Å². The van der Waals surface area contributed by atoms with Crippen molar-refractivity contribution < 1.29 is 19.5 Å². The van der Waals surface area contributed by atoms with Gasteiger partial charge in [-0.25, -0.2) is 0 Å². The summed E-state index contributed by atoms with van der Waals surface area (Å²) in [6.07, 6.45) is 5.32. The Hall–Kier alpha value is -2.67. The van der Waals surface area contributed by atoms with Gasteiger partial charge in [-0.05, 0) is 55.7 Å². The third-order valence-corrected chi connectivity index (χ3v) is 6.06. The number of benzene rings is 1. The lowest BCUT2D eigenvalue weighted by molar-refractivity contribution is -0.137. The molecule has 0 atom stereocenters. The largest absolute Gasteiger partial charge is 0.395 e. The Balaban J connectivity index is 1.39. The van der Waals surface area contributed by atoms with Crippen LogP contribution in [0.5, 0.6) is 0 Å². The Bertz CT molecular complexity index is 867. The second-order valence-electron chi connectivity index (χ2n) is 8.15. The molecule has 7 heteroatoms. The van der Waals surface area contributed by atoms with Crippen LogP contribution in [0.1, 0.15) is 42.7 Å². The van der Waals surface area contributed by atoms with Crippen LogP contribution in [0.25, 0.3) is 0 Å². The van der Waals surface area contributed by atoms with Gasteiger partial charge in [-0.15, -0.1) is 0 Å². The van der Waals surface area contributed by atoms with Crippen LogP contribution in [-0.4, -0.2) is 58.9 Å². The van der Waals surface area contributed by atoms with Gasteiger partial charge in [0.05, 0.1) is 13.2 Å². The number of β-amino-alcohol motifs (C(OH)–C–C–N with tert-alkyl or cyclic N) is 1. The fraction of sp³-hybridized carbons (Fsp3) is 0.500. The van der Waals surface area contributed by atoms with E-state index in [1.165, 1.54) is 11.6 Å². The van der Waals surface area contributed by atoms with E-state index in [1.54, 1.807) is 0 Å². The van der Waals surface area contributed by atoms with Gasteiger partial charge in [-0.3, -0.25) is 19.3 Å². The van der Waals surface area contributed by atoms with Crippen LogP contribution >= 0.6 is 0 Å². The minimum absolute atomic E-state index is 0.000780. The van der Waals surface area contributed by atoms with E-state index in [0.29, 0.717) is 11.8 Å². The first-order valence-electron chi connectivity index (χ1n) is 10.3. The highest BCUT2D eigenvalue weighted by molar-refractivity contribution is 6.17. The lowest BCUT2D eigenvalue weighted by Crippen LogP contribution is -2.38. The number of nitrogens with zero attached hydrogens (tertiary/aromatic N) is 2. The van der Waals surface area contributed by atoms with Gasteiger partial charge in [-0.2, -0.15) is 0 Å². The number of nitrogens with one attached hydrogen (secondary N) is 1. The highest BCUT2D eigenvalue weighted by atomic mass is 16.3. The SMILES string of the molecule is Cc1cc(C2CCN(C(=O)C3CC3)CC2)ccc1NC1=CC(=O)N(CCO)C1=O. The quantitative estimate of drug-likeness (QED) is 0.714. The van der Waals surface area contributed by atoms with Crippen LogP contribution in [0.4, 0.5) is 5.69 Å². The zero-order chi connectivity index (χ0) is 20.5. The van der Waals surface area contributed by atoms with E-state index >= 15 is 0 Å². The molecule has 0 unspecified atom stereocenters. The number of amides is 3. The molecule has 0 aromatic heterocycles. The number of rotatable bonds is 6. The summed E-state index contributed by atoms with van der Waals surface area (Å²) < 4.78 is 0. The Morgan fingerprint density at radius 2 is 1.90 bits per heavy atom. The number of likely N-dealkylation sites (tertiary alicyclic amines) is 1. The molecule has 2 N–H and O–H groups in total. The maximum atomic E-state index is 12.3. The molecule has 3 amide bonds. The molecule has 2 heterocycles. The second-order valence-corrected chi connectivity index (χ2v) is 8.15. The number of carbonyl (C=O) groups is 3. The molecule has 1 aromatic rings. The van der Waals surface area contributed by atoms with Crippen molar-refractivity contribution >= 4 is 23.4 Å². The third-order valence-electron chi connectivity index (χ3n) is 6.06. The van der Waals surface area contributed by atoms with Gasteiger partial charge >= 0.3 is 0 Å². The monoisotopic (exact) mass is 397 g/mol. The summed E-state index contributed by atoms with van der Waals surface area (Å²) in [5, 5.41) is 12.1. The van der Waals surface area contributed by atoms with E-state index in [-0.39, 0.29) is 24.8 Å². The Labute approximate surface area is 170 Å². The van der Waals surface area contributed by atoms with Gasteiger partial charge in [0.15, 0.2) is 0 Å². The molecule has 1 saturated heterocycles. The minimum Gasteiger partial charge on any atom is -0.395 e. The zero-order valence-corrected chi connectivity index (χ0v) is 16.7. The summed E-state index contributed by atoms with van der Waals surface area (Å²) in [5.74, 6) is 0.221. The van der Waals surface area contributed by atoms with Crippen LogP contribution in [0.15, 0.2) is 30.0 Å². The lowest BCUT2D eigenvalue weighted by Gasteiger charge is -2.32. The second kappa shape index (κ2) is 7.99. The van der Waals surface area contributed by atoms with Crippen molar-refractivity contribution in [3.8, 4) is 0 Å². The van der Waals surface area contributed by atoms with Crippen molar-refractivity contribution in [1.29, 1.82) is 0 Å². The number of aryl methyl sites for hydroxylation is 1. The molecule has 4 rings (SSSR count). The van der Waals surface area contributed by atoms with Crippen LogP contribution in [0.3, 0.4) is 0 Å². The van der Waals surface area contributed by atoms with E-state index in [0.717, 1.165) is 54.9 Å². The van der Waals surface area contributed by atoms with Crippen LogP contribution < -0.4 is 5.32 Å². The van der Waals surface area contributed by atoms with E-state index in [2.05, 4.69) is 17.4 Å². The Kier molecular flexibility index (Phi) is 5.41. The number of carbonyl (C=O) groups excluding carboxylic acids is 3. The van der Waals surface area contributed by atoms with E-state index in [1.807, 2.05) is 17.9 Å². The van der Waals surface area contributed by atoms with Crippen molar-refractivity contribution in [3.05, 3.63) is 41.1 Å². The zero-order valence-electron chi connectivity index (χ0n) is 16.7.